The number of carbonyl (C=O) groups is 1. The fraction of sp³-hybridized carbons (Fsp3) is 0.636. The van der Waals surface area contributed by atoms with Gasteiger partial charge in [-0.2, -0.15) is 0 Å². The van der Waals surface area contributed by atoms with Crippen molar-refractivity contribution in [2.75, 3.05) is 46.4 Å². The van der Waals surface area contributed by atoms with Crippen molar-refractivity contribution in [3.8, 4) is 5.75 Å². The Morgan fingerprint density at radius 3 is 2.53 bits per heavy atom. The summed E-state index contributed by atoms with van der Waals surface area (Å²) in [5.74, 6) is 1.58. The van der Waals surface area contributed by atoms with Crippen molar-refractivity contribution < 1.29 is 14.6 Å². The van der Waals surface area contributed by atoms with E-state index in [1.165, 1.54) is 0 Å². The van der Waals surface area contributed by atoms with Crippen molar-refractivity contribution in [3.63, 3.8) is 0 Å². The van der Waals surface area contributed by atoms with Gasteiger partial charge in [0.1, 0.15) is 5.75 Å². The van der Waals surface area contributed by atoms with Gasteiger partial charge in [0.05, 0.1) is 26.3 Å². The molecule has 0 saturated carbocycles. The second kappa shape index (κ2) is 13.1. The number of rotatable bonds is 10. The molecule has 1 heterocycles. The van der Waals surface area contributed by atoms with Crippen LogP contribution in [0.3, 0.4) is 0 Å². The number of hydrogen-bond donors (Lipinski definition) is 4. The normalized spacial score (nSPS) is 16.7. The van der Waals surface area contributed by atoms with Crippen molar-refractivity contribution in [2.24, 2.45) is 4.99 Å². The lowest BCUT2D eigenvalue weighted by Crippen LogP contribution is -2.50. The molecule has 1 atom stereocenters. The molecule has 1 unspecified atom stereocenters. The van der Waals surface area contributed by atoms with E-state index >= 15 is 0 Å². The van der Waals surface area contributed by atoms with E-state index in [0.29, 0.717) is 18.5 Å². The lowest BCUT2D eigenvalue weighted by molar-refractivity contribution is -0.122. The zero-order valence-corrected chi connectivity index (χ0v) is 18.5. The van der Waals surface area contributed by atoms with Gasteiger partial charge in [0.15, 0.2) is 5.96 Å². The number of benzene rings is 1. The summed E-state index contributed by atoms with van der Waals surface area (Å²) in [5.41, 5.74) is 0.810. The van der Waals surface area contributed by atoms with E-state index in [1.54, 1.807) is 7.11 Å². The molecule has 0 radical (unpaired) electrons. The van der Waals surface area contributed by atoms with E-state index in [0.717, 1.165) is 56.8 Å². The van der Waals surface area contributed by atoms with Gasteiger partial charge in [0.25, 0.3) is 0 Å². The average Bonchev–Trinajstić information content (AvgIpc) is 2.77. The average molecular weight is 420 g/mol. The highest BCUT2D eigenvalue weighted by atomic mass is 16.5. The lowest BCUT2D eigenvalue weighted by atomic mass is 10.1. The zero-order valence-electron chi connectivity index (χ0n) is 18.5. The number of methoxy groups -OCH3 is 1. The Kier molecular flexibility index (Phi) is 10.4. The van der Waals surface area contributed by atoms with Crippen LogP contribution in [0.5, 0.6) is 5.75 Å². The Morgan fingerprint density at radius 2 is 1.93 bits per heavy atom. The smallest absolute Gasteiger partial charge is 0.234 e. The third-order valence-electron chi connectivity index (χ3n) is 5.13. The maximum atomic E-state index is 11.9. The molecule has 1 aliphatic rings. The number of likely N-dealkylation sites (tertiary alicyclic amines) is 1. The van der Waals surface area contributed by atoms with Crippen molar-refractivity contribution in [3.05, 3.63) is 29.8 Å². The molecule has 0 bridgehead atoms. The molecule has 8 nitrogen and oxygen atoms in total. The summed E-state index contributed by atoms with van der Waals surface area (Å²) in [7, 11) is 1.62. The Morgan fingerprint density at radius 1 is 1.23 bits per heavy atom. The molecule has 0 aliphatic carbocycles. The van der Waals surface area contributed by atoms with E-state index in [9.17, 15) is 9.90 Å². The van der Waals surface area contributed by atoms with Gasteiger partial charge in [0, 0.05) is 32.2 Å². The number of piperidine rings is 1. The number of ether oxygens (including phenoxy) is 1. The van der Waals surface area contributed by atoms with E-state index in [-0.39, 0.29) is 12.5 Å². The second-order valence-corrected chi connectivity index (χ2v) is 7.55. The molecule has 1 amide bonds. The van der Waals surface area contributed by atoms with Crippen molar-refractivity contribution in [1.29, 1.82) is 0 Å². The molecule has 4 N–H and O–H groups in total. The summed E-state index contributed by atoms with van der Waals surface area (Å²) in [6.45, 7) is 8.07. The molecule has 0 aromatic heterocycles. The minimum atomic E-state index is -0.671. The largest absolute Gasteiger partial charge is 0.497 e. The fourth-order valence-corrected chi connectivity index (χ4v) is 3.38. The number of hydrogen-bond acceptors (Lipinski definition) is 5. The maximum absolute atomic E-state index is 11.9. The molecule has 1 aliphatic heterocycles. The SMILES string of the molecule is CCCNC(=O)CN1CCC(NC(=NCC(O)c2ccc(OC)cc2)NCC)CC1. The number of aliphatic imine (C=N–C) groups is 1. The van der Waals surface area contributed by atoms with Crippen molar-refractivity contribution in [2.45, 2.75) is 45.3 Å². The van der Waals surface area contributed by atoms with E-state index in [1.807, 2.05) is 31.2 Å². The molecule has 1 aromatic carbocycles. The Hall–Kier alpha value is -2.32. The number of carbonyl (C=O) groups excluding carboxylic acids is 1. The van der Waals surface area contributed by atoms with Crippen LogP contribution in [0.1, 0.15) is 44.8 Å². The Bertz CT molecular complexity index is 657. The van der Waals surface area contributed by atoms with Crippen molar-refractivity contribution >= 4 is 11.9 Å². The van der Waals surface area contributed by atoms with Crippen LogP contribution in [-0.2, 0) is 4.79 Å². The Labute approximate surface area is 180 Å². The van der Waals surface area contributed by atoms with E-state index < -0.39 is 6.10 Å². The minimum Gasteiger partial charge on any atom is -0.497 e. The highest BCUT2D eigenvalue weighted by Gasteiger charge is 2.21. The van der Waals surface area contributed by atoms with Crippen LogP contribution in [0.2, 0.25) is 0 Å². The number of guanidine groups is 1. The van der Waals surface area contributed by atoms with E-state index in [2.05, 4.69) is 32.8 Å². The van der Waals surface area contributed by atoms with E-state index in [4.69, 9.17) is 4.74 Å². The highest BCUT2D eigenvalue weighted by molar-refractivity contribution is 5.80. The van der Waals surface area contributed by atoms with Crippen LogP contribution in [0.4, 0.5) is 0 Å². The molecule has 168 valence electrons. The highest BCUT2D eigenvalue weighted by Crippen LogP contribution is 2.18. The number of nitrogens with one attached hydrogen (secondary N) is 3. The predicted octanol–water partition coefficient (Wildman–Crippen LogP) is 1.27. The van der Waals surface area contributed by atoms with Gasteiger partial charge in [-0.15, -0.1) is 0 Å². The summed E-state index contributed by atoms with van der Waals surface area (Å²) in [5, 5.41) is 20.1. The van der Waals surface area contributed by atoms with Gasteiger partial charge in [-0.1, -0.05) is 19.1 Å². The van der Waals surface area contributed by atoms with Gasteiger partial charge < -0.3 is 25.8 Å². The molecule has 8 heteroatoms. The van der Waals surface area contributed by atoms with Crippen LogP contribution in [-0.4, -0.2) is 74.3 Å². The molecule has 1 aromatic rings. The first-order chi connectivity index (χ1) is 14.5. The lowest BCUT2D eigenvalue weighted by Gasteiger charge is -2.32. The molecule has 30 heavy (non-hydrogen) atoms. The molecule has 1 fully saturated rings. The molecular formula is C22H37N5O3. The molecular weight excluding hydrogens is 382 g/mol. The van der Waals surface area contributed by atoms with Crippen LogP contribution in [0, 0.1) is 0 Å². The first kappa shape index (κ1) is 24.0. The summed E-state index contributed by atoms with van der Waals surface area (Å²) in [4.78, 5) is 18.6. The first-order valence-electron chi connectivity index (χ1n) is 10.9. The number of aliphatic hydroxyl groups excluding tert-OH is 1. The predicted molar refractivity (Wildman–Crippen MR) is 120 cm³/mol. The molecule has 2 rings (SSSR count). The maximum Gasteiger partial charge on any atom is 0.234 e. The number of nitrogens with zero attached hydrogens (tertiary/aromatic N) is 2. The third-order valence-corrected chi connectivity index (χ3v) is 5.13. The molecule has 1 saturated heterocycles. The number of aliphatic hydroxyl groups is 1. The molecule has 0 spiro atoms. The van der Waals surface area contributed by atoms with Crippen LogP contribution < -0.4 is 20.7 Å². The van der Waals surface area contributed by atoms with Crippen LogP contribution in [0.25, 0.3) is 0 Å². The fourth-order valence-electron chi connectivity index (χ4n) is 3.38. The summed E-state index contributed by atoms with van der Waals surface area (Å²) in [6.07, 6.45) is 2.19. The van der Waals surface area contributed by atoms with Crippen LogP contribution in [0.15, 0.2) is 29.3 Å². The monoisotopic (exact) mass is 419 g/mol. The third kappa shape index (κ3) is 8.20. The topological polar surface area (TPSA) is 98.2 Å². The second-order valence-electron chi connectivity index (χ2n) is 7.55. The minimum absolute atomic E-state index is 0.102. The summed E-state index contributed by atoms with van der Waals surface area (Å²) >= 11 is 0. The Balaban J connectivity index is 1.81. The number of amides is 1. The van der Waals surface area contributed by atoms with Gasteiger partial charge in [-0.3, -0.25) is 14.7 Å². The van der Waals surface area contributed by atoms with Gasteiger partial charge in [-0.05, 0) is 43.9 Å². The van der Waals surface area contributed by atoms with Gasteiger partial charge >= 0.3 is 0 Å². The quantitative estimate of drug-likeness (QED) is 0.337. The van der Waals surface area contributed by atoms with Gasteiger partial charge in [0.2, 0.25) is 5.91 Å². The van der Waals surface area contributed by atoms with Crippen LogP contribution >= 0.6 is 0 Å². The first-order valence-corrected chi connectivity index (χ1v) is 10.9. The zero-order chi connectivity index (χ0) is 21.8. The van der Waals surface area contributed by atoms with Crippen molar-refractivity contribution in [1.82, 2.24) is 20.9 Å². The summed E-state index contributed by atoms with van der Waals surface area (Å²) in [6, 6.07) is 7.68. The standard InChI is InChI=1S/C22H37N5O3/c1-4-12-24-21(29)16-27-13-10-18(11-14-27)26-22(23-5-2)25-15-20(28)17-6-8-19(30-3)9-7-17/h6-9,18,20,28H,4-5,10-16H2,1-3H3,(H,24,29)(H2,23,25,26). The van der Waals surface area contributed by atoms with Gasteiger partial charge in [-0.25, -0.2) is 0 Å². The summed E-state index contributed by atoms with van der Waals surface area (Å²) < 4.78 is 5.15.